The van der Waals surface area contributed by atoms with Gasteiger partial charge in [0.05, 0.1) is 12.7 Å². The highest BCUT2D eigenvalue weighted by molar-refractivity contribution is 6.74. The fourth-order valence-corrected chi connectivity index (χ4v) is 5.30. The average Bonchev–Trinajstić information content (AvgIpc) is 2.92. The highest BCUT2D eigenvalue weighted by atomic mass is 28.4. The van der Waals surface area contributed by atoms with E-state index in [4.69, 9.17) is 8.85 Å². The Hall–Kier alpha value is -0.886. The minimum atomic E-state index is -1.90. The molecule has 1 aromatic carbocycles. The third kappa shape index (κ3) is 5.84. The molecular formula is C24H43NO2Si2. The second-order valence-electron chi connectivity index (χ2n) is 11.6. The van der Waals surface area contributed by atoms with Crippen LogP contribution in [0.2, 0.25) is 36.3 Å². The zero-order valence-corrected chi connectivity index (χ0v) is 22.6. The molecule has 0 radical (unpaired) electrons. The van der Waals surface area contributed by atoms with Gasteiger partial charge in [-0.05, 0) is 66.8 Å². The predicted molar refractivity (Wildman–Crippen MR) is 132 cm³/mol. The summed E-state index contributed by atoms with van der Waals surface area (Å²) in [6.45, 7) is 26.8. The molecule has 0 saturated carbocycles. The van der Waals surface area contributed by atoms with Crippen LogP contribution in [-0.2, 0) is 15.4 Å². The number of benzene rings is 1. The third-order valence-electron chi connectivity index (χ3n) is 7.03. The van der Waals surface area contributed by atoms with Crippen molar-refractivity contribution >= 4 is 27.5 Å². The van der Waals surface area contributed by atoms with Crippen LogP contribution in [0.1, 0.15) is 47.1 Å². The van der Waals surface area contributed by atoms with Crippen LogP contribution < -0.4 is 0 Å². The van der Waals surface area contributed by atoms with Crippen molar-refractivity contribution in [3.8, 4) is 0 Å². The van der Waals surface area contributed by atoms with Crippen molar-refractivity contribution in [2.24, 2.45) is 0 Å². The maximum atomic E-state index is 6.87. The summed E-state index contributed by atoms with van der Waals surface area (Å²) in [5.41, 5.74) is 2.57. The van der Waals surface area contributed by atoms with Crippen molar-refractivity contribution in [3.63, 3.8) is 0 Å². The molecule has 1 aromatic heterocycles. The van der Waals surface area contributed by atoms with Crippen LogP contribution in [0, 0.1) is 6.92 Å². The number of hydrogen-bond acceptors (Lipinski definition) is 2. The Kier molecular flexibility index (Phi) is 7.00. The van der Waals surface area contributed by atoms with E-state index in [2.05, 4.69) is 110 Å². The Bertz CT molecular complexity index is 825. The first-order chi connectivity index (χ1) is 13.0. The summed E-state index contributed by atoms with van der Waals surface area (Å²) in [5.74, 6) is 0. The predicted octanol–water partition coefficient (Wildman–Crippen LogP) is 7.36. The van der Waals surface area contributed by atoms with Gasteiger partial charge in [-0.15, -0.1) is 0 Å². The van der Waals surface area contributed by atoms with Crippen LogP contribution in [-0.4, -0.2) is 33.9 Å². The Morgan fingerprint density at radius 2 is 1.48 bits per heavy atom. The largest absolute Gasteiger partial charge is 0.414 e. The maximum Gasteiger partial charge on any atom is 0.192 e. The standard InChI is InChI=1S/C24H43NO2Si2/c1-19-12-13-22-20(16-19)14-15-25(22)17-21(27-29(10,11)24(5,6)7)18-26-28(8,9)23(2,3)4/h12-16,21H,17-18H2,1-11H3/t21-/m0/s1. The second kappa shape index (κ2) is 8.33. The molecule has 164 valence electrons. The number of fused-ring (bicyclic) bond motifs is 1. The van der Waals surface area contributed by atoms with Gasteiger partial charge in [0.2, 0.25) is 0 Å². The van der Waals surface area contributed by atoms with Gasteiger partial charge in [-0.1, -0.05) is 53.2 Å². The van der Waals surface area contributed by atoms with E-state index in [9.17, 15) is 0 Å². The summed E-state index contributed by atoms with van der Waals surface area (Å²) < 4.78 is 15.8. The molecule has 0 bridgehead atoms. The van der Waals surface area contributed by atoms with Crippen molar-refractivity contribution in [1.29, 1.82) is 0 Å². The van der Waals surface area contributed by atoms with Gasteiger partial charge in [-0.2, -0.15) is 0 Å². The van der Waals surface area contributed by atoms with Gasteiger partial charge in [-0.3, -0.25) is 0 Å². The summed E-state index contributed by atoms with van der Waals surface area (Å²) in [5, 5.41) is 1.67. The normalized spacial score (nSPS) is 15.1. The second-order valence-corrected chi connectivity index (χ2v) is 21.2. The first-order valence-corrected chi connectivity index (χ1v) is 16.7. The molecule has 3 nitrogen and oxygen atoms in total. The van der Waals surface area contributed by atoms with Crippen molar-refractivity contribution in [2.45, 2.75) is 97.4 Å². The first kappa shape index (κ1) is 24.4. The minimum absolute atomic E-state index is 0.0573. The van der Waals surface area contributed by atoms with E-state index in [1.165, 1.54) is 16.5 Å². The smallest absolute Gasteiger partial charge is 0.192 e. The zero-order chi connectivity index (χ0) is 22.3. The maximum absolute atomic E-state index is 6.87. The third-order valence-corrected chi connectivity index (χ3v) is 16.1. The highest BCUT2D eigenvalue weighted by Gasteiger charge is 2.41. The molecule has 0 aliphatic heterocycles. The van der Waals surface area contributed by atoms with Gasteiger partial charge in [0.25, 0.3) is 0 Å². The lowest BCUT2D eigenvalue weighted by molar-refractivity contribution is 0.0945. The van der Waals surface area contributed by atoms with Gasteiger partial charge in [-0.25, -0.2) is 0 Å². The van der Waals surface area contributed by atoms with Crippen LogP contribution in [0.4, 0.5) is 0 Å². The summed E-state index contributed by atoms with van der Waals surface area (Å²) in [6.07, 6.45) is 2.25. The van der Waals surface area contributed by atoms with Crippen molar-refractivity contribution < 1.29 is 8.85 Å². The molecule has 1 heterocycles. The quantitative estimate of drug-likeness (QED) is 0.426. The Labute approximate surface area is 181 Å². The molecule has 0 aliphatic carbocycles. The number of rotatable bonds is 7. The molecule has 2 aromatic rings. The Balaban J connectivity index is 2.28. The van der Waals surface area contributed by atoms with Gasteiger partial charge in [0.1, 0.15) is 0 Å². The minimum Gasteiger partial charge on any atom is -0.414 e. The highest BCUT2D eigenvalue weighted by Crippen LogP contribution is 2.39. The molecule has 1 atom stereocenters. The number of nitrogens with zero attached hydrogens (tertiary/aromatic N) is 1. The summed E-state index contributed by atoms with van der Waals surface area (Å²) in [7, 11) is -3.72. The average molecular weight is 434 g/mol. The topological polar surface area (TPSA) is 23.4 Å². The molecule has 2 rings (SSSR count). The Morgan fingerprint density at radius 1 is 0.897 bits per heavy atom. The van der Waals surface area contributed by atoms with Crippen LogP contribution in [0.3, 0.4) is 0 Å². The van der Waals surface area contributed by atoms with Crippen molar-refractivity contribution in [1.82, 2.24) is 4.57 Å². The monoisotopic (exact) mass is 433 g/mol. The zero-order valence-electron chi connectivity index (χ0n) is 20.6. The number of hydrogen-bond donors (Lipinski definition) is 0. The molecule has 0 fully saturated rings. The fraction of sp³-hybridized carbons (Fsp3) is 0.667. The van der Waals surface area contributed by atoms with E-state index in [-0.39, 0.29) is 16.2 Å². The lowest BCUT2D eigenvalue weighted by Crippen LogP contribution is -2.48. The lowest BCUT2D eigenvalue weighted by Gasteiger charge is -2.41. The summed E-state index contributed by atoms with van der Waals surface area (Å²) >= 11 is 0. The molecule has 0 N–H and O–H groups in total. The molecule has 0 spiro atoms. The van der Waals surface area contributed by atoms with Crippen LogP contribution in [0.25, 0.3) is 10.9 Å². The van der Waals surface area contributed by atoms with E-state index in [1.54, 1.807) is 0 Å². The number of aryl methyl sites for hydroxylation is 1. The molecular weight excluding hydrogens is 390 g/mol. The van der Waals surface area contributed by atoms with E-state index in [0.29, 0.717) is 6.61 Å². The van der Waals surface area contributed by atoms with Gasteiger partial charge < -0.3 is 13.4 Å². The fourth-order valence-electron chi connectivity index (χ4n) is 2.93. The molecule has 29 heavy (non-hydrogen) atoms. The summed E-state index contributed by atoms with van der Waals surface area (Å²) in [6, 6.07) is 8.87. The number of aromatic nitrogens is 1. The van der Waals surface area contributed by atoms with E-state index < -0.39 is 16.6 Å². The molecule has 0 amide bonds. The Morgan fingerprint density at radius 3 is 2.03 bits per heavy atom. The van der Waals surface area contributed by atoms with Gasteiger partial charge in [0.15, 0.2) is 16.6 Å². The van der Waals surface area contributed by atoms with Gasteiger partial charge >= 0.3 is 0 Å². The van der Waals surface area contributed by atoms with E-state index in [1.807, 2.05) is 0 Å². The van der Waals surface area contributed by atoms with E-state index >= 15 is 0 Å². The SMILES string of the molecule is Cc1ccc2c(ccn2C[C@@H](CO[Si](C)(C)C(C)(C)C)O[Si](C)(C)C(C)(C)C)c1. The molecule has 0 unspecified atom stereocenters. The van der Waals surface area contributed by atoms with E-state index in [0.717, 1.165) is 6.54 Å². The first-order valence-electron chi connectivity index (χ1n) is 10.9. The van der Waals surface area contributed by atoms with Crippen LogP contribution in [0.15, 0.2) is 30.5 Å². The molecule has 0 saturated heterocycles. The van der Waals surface area contributed by atoms with Crippen molar-refractivity contribution in [3.05, 3.63) is 36.0 Å². The van der Waals surface area contributed by atoms with Crippen molar-refractivity contribution in [2.75, 3.05) is 6.61 Å². The summed E-state index contributed by atoms with van der Waals surface area (Å²) in [4.78, 5) is 0. The van der Waals surface area contributed by atoms with Crippen LogP contribution >= 0.6 is 0 Å². The van der Waals surface area contributed by atoms with Crippen LogP contribution in [0.5, 0.6) is 0 Å². The van der Waals surface area contributed by atoms with Gasteiger partial charge in [0, 0.05) is 18.3 Å². The molecule has 0 aliphatic rings. The lowest BCUT2D eigenvalue weighted by atomic mass is 10.2. The molecule has 5 heteroatoms.